The molecule has 2 heteroatoms. The van der Waals surface area contributed by atoms with Crippen LogP contribution in [0.1, 0.15) is 50.7 Å². The molecular formula is C18H30N2. The first-order valence-corrected chi connectivity index (χ1v) is 8.20. The molecule has 1 fully saturated rings. The molecule has 1 N–H and O–H groups in total. The van der Waals surface area contributed by atoms with E-state index in [-0.39, 0.29) is 0 Å². The second kappa shape index (κ2) is 7.80. The summed E-state index contributed by atoms with van der Waals surface area (Å²) in [5, 5.41) is 3.57. The van der Waals surface area contributed by atoms with E-state index >= 15 is 0 Å². The van der Waals surface area contributed by atoms with E-state index in [1.807, 2.05) is 0 Å². The molecule has 0 saturated heterocycles. The van der Waals surface area contributed by atoms with E-state index < -0.39 is 0 Å². The molecule has 2 nitrogen and oxygen atoms in total. The van der Waals surface area contributed by atoms with Crippen molar-refractivity contribution in [1.29, 1.82) is 0 Å². The Morgan fingerprint density at radius 3 is 2.45 bits per heavy atom. The Morgan fingerprint density at radius 2 is 1.85 bits per heavy atom. The van der Waals surface area contributed by atoms with Crippen molar-refractivity contribution in [2.45, 2.75) is 64.6 Å². The zero-order valence-electron chi connectivity index (χ0n) is 13.4. The molecule has 0 bridgehead atoms. The summed E-state index contributed by atoms with van der Waals surface area (Å²) < 4.78 is 0. The number of hydrogen-bond acceptors (Lipinski definition) is 2. The van der Waals surface area contributed by atoms with Crippen LogP contribution >= 0.6 is 0 Å². The van der Waals surface area contributed by atoms with Crippen LogP contribution in [0.5, 0.6) is 0 Å². The zero-order valence-corrected chi connectivity index (χ0v) is 13.4. The highest BCUT2D eigenvalue weighted by Gasteiger charge is 2.19. The maximum Gasteiger partial charge on any atom is 0.0233 e. The summed E-state index contributed by atoms with van der Waals surface area (Å²) in [6.45, 7) is 6.76. The molecular weight excluding hydrogens is 244 g/mol. The van der Waals surface area contributed by atoms with Gasteiger partial charge in [-0.25, -0.2) is 0 Å². The lowest BCUT2D eigenvalue weighted by Crippen LogP contribution is -2.28. The van der Waals surface area contributed by atoms with Crippen LogP contribution in [0.25, 0.3) is 0 Å². The number of hydrogen-bond donors (Lipinski definition) is 1. The monoisotopic (exact) mass is 274 g/mol. The summed E-state index contributed by atoms with van der Waals surface area (Å²) in [6, 6.07) is 10.7. The summed E-state index contributed by atoms with van der Waals surface area (Å²) in [5.74, 6) is 0. The topological polar surface area (TPSA) is 15.3 Å². The van der Waals surface area contributed by atoms with Gasteiger partial charge in [0.05, 0.1) is 0 Å². The largest absolute Gasteiger partial charge is 0.314 e. The smallest absolute Gasteiger partial charge is 0.0233 e. The standard InChI is InChI=1S/C18H30N2/c1-4-5-15(2)20(3)14-17-8-6-16(7-9-17)12-13-19-18-10-11-18/h6-9,15,18-19H,4-5,10-14H2,1-3H3. The van der Waals surface area contributed by atoms with Gasteiger partial charge in [0.15, 0.2) is 0 Å². The molecule has 1 atom stereocenters. The van der Waals surface area contributed by atoms with E-state index in [1.54, 1.807) is 0 Å². The van der Waals surface area contributed by atoms with Gasteiger partial charge in [0.1, 0.15) is 0 Å². The van der Waals surface area contributed by atoms with Crippen LogP contribution in [0.4, 0.5) is 0 Å². The third kappa shape index (κ3) is 5.26. The van der Waals surface area contributed by atoms with Gasteiger partial charge in [-0.3, -0.25) is 4.90 Å². The fourth-order valence-electron chi connectivity index (χ4n) is 2.60. The number of nitrogens with one attached hydrogen (secondary N) is 1. The summed E-state index contributed by atoms with van der Waals surface area (Å²) in [5.41, 5.74) is 2.88. The highest BCUT2D eigenvalue weighted by Crippen LogP contribution is 2.18. The van der Waals surface area contributed by atoms with E-state index in [0.717, 1.165) is 25.6 Å². The van der Waals surface area contributed by atoms with Gasteiger partial charge >= 0.3 is 0 Å². The molecule has 0 spiro atoms. The average Bonchev–Trinajstić information content (AvgIpc) is 3.25. The van der Waals surface area contributed by atoms with Gasteiger partial charge in [0.2, 0.25) is 0 Å². The van der Waals surface area contributed by atoms with Crippen LogP contribution in [0, 0.1) is 0 Å². The third-order valence-electron chi connectivity index (χ3n) is 4.34. The normalized spacial score (nSPS) is 16.6. The number of nitrogens with zero attached hydrogens (tertiary/aromatic N) is 1. The molecule has 112 valence electrons. The first kappa shape index (κ1) is 15.5. The van der Waals surface area contributed by atoms with Crippen molar-refractivity contribution in [3.63, 3.8) is 0 Å². The highest BCUT2D eigenvalue weighted by atomic mass is 15.1. The SMILES string of the molecule is CCCC(C)N(C)Cc1ccc(CCNC2CC2)cc1. The predicted octanol–water partition coefficient (Wildman–Crippen LogP) is 3.60. The lowest BCUT2D eigenvalue weighted by Gasteiger charge is -2.24. The molecule has 0 heterocycles. The Kier molecular flexibility index (Phi) is 6.06. The van der Waals surface area contributed by atoms with Gasteiger partial charge in [0, 0.05) is 18.6 Å². The first-order valence-electron chi connectivity index (χ1n) is 8.20. The maximum absolute atomic E-state index is 3.57. The van der Waals surface area contributed by atoms with Gasteiger partial charge in [-0.1, -0.05) is 37.6 Å². The van der Waals surface area contributed by atoms with E-state index in [9.17, 15) is 0 Å². The van der Waals surface area contributed by atoms with Crippen molar-refractivity contribution in [3.8, 4) is 0 Å². The average molecular weight is 274 g/mol. The minimum absolute atomic E-state index is 0.669. The van der Waals surface area contributed by atoms with Gasteiger partial charge in [-0.05, 0) is 57.3 Å². The van der Waals surface area contributed by atoms with Crippen LogP contribution in [-0.4, -0.2) is 30.6 Å². The van der Waals surface area contributed by atoms with E-state index in [2.05, 4.69) is 55.4 Å². The van der Waals surface area contributed by atoms with Gasteiger partial charge in [-0.2, -0.15) is 0 Å². The molecule has 0 aliphatic heterocycles. The highest BCUT2D eigenvalue weighted by molar-refractivity contribution is 5.22. The van der Waals surface area contributed by atoms with Crippen molar-refractivity contribution in [2.75, 3.05) is 13.6 Å². The minimum Gasteiger partial charge on any atom is -0.314 e. The molecule has 1 aliphatic carbocycles. The zero-order chi connectivity index (χ0) is 14.4. The predicted molar refractivity (Wildman–Crippen MR) is 87.0 cm³/mol. The quantitative estimate of drug-likeness (QED) is 0.740. The second-order valence-corrected chi connectivity index (χ2v) is 6.35. The van der Waals surface area contributed by atoms with Crippen LogP contribution in [-0.2, 0) is 13.0 Å². The van der Waals surface area contributed by atoms with Gasteiger partial charge in [-0.15, -0.1) is 0 Å². The summed E-state index contributed by atoms with van der Waals surface area (Å²) in [6.07, 6.45) is 6.45. The van der Waals surface area contributed by atoms with Crippen molar-refractivity contribution in [2.24, 2.45) is 0 Å². The maximum atomic E-state index is 3.57. The van der Waals surface area contributed by atoms with E-state index in [4.69, 9.17) is 0 Å². The fourth-order valence-corrected chi connectivity index (χ4v) is 2.60. The first-order chi connectivity index (χ1) is 9.69. The Balaban J connectivity index is 1.74. The molecule has 1 aliphatic rings. The van der Waals surface area contributed by atoms with Crippen LogP contribution in [0.3, 0.4) is 0 Å². The number of benzene rings is 1. The molecule has 1 saturated carbocycles. The summed E-state index contributed by atoms with van der Waals surface area (Å²) in [7, 11) is 2.23. The van der Waals surface area contributed by atoms with Crippen molar-refractivity contribution in [1.82, 2.24) is 10.2 Å². The van der Waals surface area contributed by atoms with Crippen molar-refractivity contribution in [3.05, 3.63) is 35.4 Å². The van der Waals surface area contributed by atoms with Gasteiger partial charge in [0.25, 0.3) is 0 Å². The van der Waals surface area contributed by atoms with Crippen LogP contribution < -0.4 is 5.32 Å². The van der Waals surface area contributed by atoms with E-state index in [1.165, 1.54) is 36.8 Å². The fraction of sp³-hybridized carbons (Fsp3) is 0.667. The second-order valence-electron chi connectivity index (χ2n) is 6.35. The Morgan fingerprint density at radius 1 is 1.20 bits per heavy atom. The molecule has 1 aromatic rings. The lowest BCUT2D eigenvalue weighted by atomic mass is 10.1. The van der Waals surface area contributed by atoms with Crippen LogP contribution in [0.2, 0.25) is 0 Å². The Bertz CT molecular complexity index is 381. The molecule has 0 aromatic heterocycles. The molecule has 0 amide bonds. The van der Waals surface area contributed by atoms with E-state index in [0.29, 0.717) is 6.04 Å². The van der Waals surface area contributed by atoms with Crippen LogP contribution in [0.15, 0.2) is 24.3 Å². The molecule has 1 unspecified atom stereocenters. The Hall–Kier alpha value is -0.860. The molecule has 0 radical (unpaired) electrons. The molecule has 1 aromatic carbocycles. The summed E-state index contributed by atoms with van der Waals surface area (Å²) >= 11 is 0. The van der Waals surface area contributed by atoms with Crippen molar-refractivity contribution >= 4 is 0 Å². The Labute approximate surface area is 124 Å². The molecule has 2 rings (SSSR count). The number of rotatable bonds is 9. The third-order valence-corrected chi connectivity index (χ3v) is 4.34. The lowest BCUT2D eigenvalue weighted by molar-refractivity contribution is 0.237. The summed E-state index contributed by atoms with van der Waals surface area (Å²) in [4.78, 5) is 2.45. The molecule has 20 heavy (non-hydrogen) atoms. The van der Waals surface area contributed by atoms with Crippen molar-refractivity contribution < 1.29 is 0 Å². The van der Waals surface area contributed by atoms with Gasteiger partial charge < -0.3 is 5.32 Å². The minimum atomic E-state index is 0.669.